The smallest absolute Gasteiger partial charge is 0.0560 e. The fraction of sp³-hybridized carbons (Fsp3) is 0. The van der Waals surface area contributed by atoms with Gasteiger partial charge in [0.1, 0.15) is 0 Å². The van der Waals surface area contributed by atoms with Crippen molar-refractivity contribution in [1.29, 1.82) is 0 Å². The van der Waals surface area contributed by atoms with Crippen LogP contribution in [-0.4, -0.2) is 9.97 Å². The van der Waals surface area contributed by atoms with E-state index >= 15 is 0 Å². The lowest BCUT2D eigenvalue weighted by Crippen LogP contribution is -1.73. The van der Waals surface area contributed by atoms with E-state index in [0.29, 0.717) is 0 Å². The second-order valence-corrected chi connectivity index (χ2v) is 8.67. The molecule has 122 valence electrons. The number of hydrogen-bond acceptors (Lipinski definition) is 3. The average molecular weight is 379 g/mol. The Hall–Kier alpha value is -2.34. The van der Waals surface area contributed by atoms with Gasteiger partial charge in [0.25, 0.3) is 0 Å². The third kappa shape index (κ3) is 2.80. The largest absolute Gasteiger partial charge is 0.353 e. The number of H-pyrrole nitrogens is 2. The molecule has 5 aromatic heterocycles. The summed E-state index contributed by atoms with van der Waals surface area (Å²) >= 11 is 5.32. The minimum absolute atomic E-state index is 1.17. The second-order valence-electron chi connectivity index (χ2n) is 5.69. The van der Waals surface area contributed by atoms with Crippen LogP contribution in [0.1, 0.15) is 0 Å². The van der Waals surface area contributed by atoms with Crippen molar-refractivity contribution in [3.05, 3.63) is 71.4 Å². The lowest BCUT2D eigenvalue weighted by Gasteiger charge is -1.95. The monoisotopic (exact) mass is 378 g/mol. The number of aromatic nitrogens is 2. The Morgan fingerprint density at radius 2 is 0.920 bits per heavy atom. The predicted octanol–water partition coefficient (Wildman–Crippen LogP) is 7.20. The van der Waals surface area contributed by atoms with Crippen molar-refractivity contribution >= 4 is 34.0 Å². The Balaban J connectivity index is 1.44. The molecule has 0 saturated heterocycles. The highest BCUT2D eigenvalue weighted by atomic mass is 32.1. The summed E-state index contributed by atoms with van der Waals surface area (Å²) in [5.41, 5.74) is 4.70. The van der Waals surface area contributed by atoms with Crippen LogP contribution in [-0.2, 0) is 0 Å². The Kier molecular flexibility index (Phi) is 3.70. The SMILES string of the molecule is c1csc(-c2ccc(-c3ccc(-c4ccc(-c5cccs5)[nH]4)s3)[nH]2)c1. The molecular weight excluding hydrogens is 364 g/mol. The van der Waals surface area contributed by atoms with Gasteiger partial charge in [0.15, 0.2) is 0 Å². The van der Waals surface area contributed by atoms with E-state index in [1.807, 2.05) is 0 Å². The highest BCUT2D eigenvalue weighted by Crippen LogP contribution is 2.36. The molecule has 5 rings (SSSR count). The molecule has 2 nitrogen and oxygen atoms in total. The molecule has 25 heavy (non-hydrogen) atoms. The van der Waals surface area contributed by atoms with Gasteiger partial charge in [-0.05, 0) is 59.3 Å². The maximum atomic E-state index is 3.54. The molecule has 0 saturated carbocycles. The van der Waals surface area contributed by atoms with Crippen LogP contribution in [0, 0.1) is 0 Å². The normalized spacial score (nSPS) is 11.2. The standard InChI is InChI=1S/C20H14N2S3/c1-3-17(23-11-1)13-5-7-15(21-13)19-9-10-20(25-19)16-8-6-14(22-16)18-4-2-12-24-18/h1-12,21-22H. The van der Waals surface area contributed by atoms with Gasteiger partial charge < -0.3 is 9.97 Å². The Labute approximate surface area is 157 Å². The Morgan fingerprint density at radius 1 is 0.480 bits per heavy atom. The fourth-order valence-corrected chi connectivity index (χ4v) is 5.24. The summed E-state index contributed by atoms with van der Waals surface area (Å²) in [4.78, 5) is 12.1. The summed E-state index contributed by atoms with van der Waals surface area (Å²) in [6, 6.07) is 21.5. The molecule has 0 bridgehead atoms. The second kappa shape index (κ2) is 6.19. The van der Waals surface area contributed by atoms with E-state index in [4.69, 9.17) is 0 Å². The zero-order chi connectivity index (χ0) is 16.6. The zero-order valence-electron chi connectivity index (χ0n) is 13.2. The van der Waals surface area contributed by atoms with Crippen LogP contribution >= 0.6 is 34.0 Å². The van der Waals surface area contributed by atoms with E-state index in [2.05, 4.69) is 81.4 Å². The van der Waals surface area contributed by atoms with Crippen LogP contribution in [0.25, 0.3) is 42.3 Å². The lowest BCUT2D eigenvalue weighted by molar-refractivity contribution is 1.42. The average Bonchev–Trinajstić information content (AvgIpc) is 3.48. The van der Waals surface area contributed by atoms with Gasteiger partial charge in [0.2, 0.25) is 0 Å². The molecule has 0 unspecified atom stereocenters. The number of hydrogen-bond donors (Lipinski definition) is 2. The van der Waals surface area contributed by atoms with Crippen LogP contribution in [0.15, 0.2) is 71.4 Å². The maximum absolute atomic E-state index is 3.54. The zero-order valence-corrected chi connectivity index (χ0v) is 15.6. The van der Waals surface area contributed by atoms with Gasteiger partial charge in [-0.2, -0.15) is 0 Å². The molecule has 0 aliphatic heterocycles. The summed E-state index contributed by atoms with van der Waals surface area (Å²) < 4.78 is 0. The van der Waals surface area contributed by atoms with Gasteiger partial charge in [0, 0.05) is 0 Å². The van der Waals surface area contributed by atoms with Crippen molar-refractivity contribution < 1.29 is 0 Å². The molecule has 0 aliphatic carbocycles. The first-order valence-electron chi connectivity index (χ1n) is 7.93. The number of rotatable bonds is 4. The van der Waals surface area contributed by atoms with E-state index in [0.717, 1.165) is 0 Å². The lowest BCUT2D eigenvalue weighted by atomic mass is 10.3. The van der Waals surface area contributed by atoms with Crippen LogP contribution in [0.5, 0.6) is 0 Å². The summed E-state index contributed by atoms with van der Waals surface area (Å²) in [7, 11) is 0. The molecule has 0 atom stereocenters. The molecule has 5 heterocycles. The highest BCUT2D eigenvalue weighted by Gasteiger charge is 2.10. The van der Waals surface area contributed by atoms with Crippen molar-refractivity contribution in [2.24, 2.45) is 0 Å². The van der Waals surface area contributed by atoms with Gasteiger partial charge in [-0.1, -0.05) is 12.1 Å². The first-order valence-corrected chi connectivity index (χ1v) is 10.5. The first kappa shape index (κ1) is 15.0. The molecule has 5 aromatic rings. The van der Waals surface area contributed by atoms with Crippen LogP contribution in [0.4, 0.5) is 0 Å². The summed E-state index contributed by atoms with van der Waals surface area (Å²) in [6.45, 7) is 0. The molecule has 0 radical (unpaired) electrons. The highest BCUT2D eigenvalue weighted by molar-refractivity contribution is 7.18. The van der Waals surface area contributed by atoms with Gasteiger partial charge in [-0.15, -0.1) is 34.0 Å². The van der Waals surface area contributed by atoms with E-state index in [1.165, 1.54) is 42.3 Å². The van der Waals surface area contributed by atoms with Crippen LogP contribution in [0.3, 0.4) is 0 Å². The van der Waals surface area contributed by atoms with Crippen molar-refractivity contribution in [1.82, 2.24) is 9.97 Å². The van der Waals surface area contributed by atoms with E-state index in [-0.39, 0.29) is 0 Å². The molecule has 0 fully saturated rings. The van der Waals surface area contributed by atoms with E-state index < -0.39 is 0 Å². The van der Waals surface area contributed by atoms with Crippen molar-refractivity contribution in [3.63, 3.8) is 0 Å². The van der Waals surface area contributed by atoms with E-state index in [1.54, 1.807) is 34.0 Å². The summed E-state index contributed by atoms with van der Waals surface area (Å²) in [5.74, 6) is 0. The van der Waals surface area contributed by atoms with Crippen molar-refractivity contribution in [2.45, 2.75) is 0 Å². The van der Waals surface area contributed by atoms with Gasteiger partial charge in [0.05, 0.1) is 42.3 Å². The van der Waals surface area contributed by atoms with Crippen molar-refractivity contribution in [2.75, 3.05) is 0 Å². The Morgan fingerprint density at radius 3 is 1.32 bits per heavy atom. The molecule has 5 heteroatoms. The predicted molar refractivity (Wildman–Crippen MR) is 111 cm³/mol. The molecule has 0 spiro atoms. The quantitative estimate of drug-likeness (QED) is 0.331. The molecule has 0 aromatic carbocycles. The van der Waals surface area contributed by atoms with Crippen LogP contribution in [0.2, 0.25) is 0 Å². The third-order valence-corrected chi connectivity index (χ3v) is 7.04. The molecule has 2 N–H and O–H groups in total. The minimum atomic E-state index is 1.17. The topological polar surface area (TPSA) is 31.6 Å². The minimum Gasteiger partial charge on any atom is -0.353 e. The van der Waals surface area contributed by atoms with E-state index in [9.17, 15) is 0 Å². The molecule has 0 amide bonds. The number of nitrogens with one attached hydrogen (secondary N) is 2. The van der Waals surface area contributed by atoms with Gasteiger partial charge >= 0.3 is 0 Å². The van der Waals surface area contributed by atoms with Gasteiger partial charge in [-0.25, -0.2) is 0 Å². The fourth-order valence-electron chi connectivity index (χ4n) is 2.86. The van der Waals surface area contributed by atoms with Crippen molar-refractivity contribution in [3.8, 4) is 42.3 Å². The maximum Gasteiger partial charge on any atom is 0.0560 e. The molecule has 0 aliphatic rings. The number of thiophene rings is 3. The van der Waals surface area contributed by atoms with Crippen LogP contribution < -0.4 is 0 Å². The summed E-state index contributed by atoms with van der Waals surface area (Å²) in [5, 5.41) is 4.21. The van der Waals surface area contributed by atoms with Gasteiger partial charge in [-0.3, -0.25) is 0 Å². The Bertz CT molecular complexity index is 1000. The third-order valence-electron chi connectivity index (χ3n) is 4.08. The summed E-state index contributed by atoms with van der Waals surface area (Å²) in [6.07, 6.45) is 0. The molecular formula is C20H14N2S3. The first-order chi connectivity index (χ1) is 12.4. The number of aromatic amines is 2.